The van der Waals surface area contributed by atoms with E-state index in [0.29, 0.717) is 28.5 Å². The van der Waals surface area contributed by atoms with Gasteiger partial charge in [-0.1, -0.05) is 5.16 Å². The number of aromatic nitrogens is 4. The lowest BCUT2D eigenvalue weighted by Crippen LogP contribution is -2.14. The third-order valence-electron chi connectivity index (χ3n) is 3.01. The van der Waals surface area contributed by atoms with Crippen molar-refractivity contribution in [3.05, 3.63) is 53.8 Å². The van der Waals surface area contributed by atoms with Crippen molar-refractivity contribution in [3.63, 3.8) is 0 Å². The molecular formula is C14H13N5O2. The van der Waals surface area contributed by atoms with Crippen LogP contribution in [-0.4, -0.2) is 25.8 Å². The Morgan fingerprint density at radius 2 is 2.19 bits per heavy atom. The van der Waals surface area contributed by atoms with Crippen LogP contribution in [0.5, 0.6) is 0 Å². The van der Waals surface area contributed by atoms with Crippen LogP contribution in [0.3, 0.4) is 0 Å². The highest BCUT2D eigenvalue weighted by molar-refractivity contribution is 6.05. The van der Waals surface area contributed by atoms with E-state index in [4.69, 9.17) is 4.52 Å². The summed E-state index contributed by atoms with van der Waals surface area (Å²) in [5.41, 5.74) is 1.60. The van der Waals surface area contributed by atoms with E-state index in [-0.39, 0.29) is 5.91 Å². The number of hydrogen-bond acceptors (Lipinski definition) is 5. The number of nitrogens with one attached hydrogen (secondary N) is 1. The molecule has 1 amide bonds. The van der Waals surface area contributed by atoms with E-state index in [1.165, 1.54) is 0 Å². The van der Waals surface area contributed by atoms with Gasteiger partial charge in [-0.3, -0.25) is 4.79 Å². The normalized spacial score (nSPS) is 10.6. The molecule has 0 aliphatic rings. The van der Waals surface area contributed by atoms with Gasteiger partial charge < -0.3 is 9.84 Å². The van der Waals surface area contributed by atoms with E-state index in [9.17, 15) is 4.79 Å². The number of carbonyl (C=O) groups is 1. The average molecular weight is 283 g/mol. The summed E-state index contributed by atoms with van der Waals surface area (Å²) in [6.07, 6.45) is 5.05. The molecule has 3 aromatic rings. The zero-order valence-electron chi connectivity index (χ0n) is 11.6. The molecule has 7 nitrogen and oxygen atoms in total. The van der Waals surface area contributed by atoms with Crippen LogP contribution in [0.1, 0.15) is 21.8 Å². The van der Waals surface area contributed by atoms with Gasteiger partial charge in [-0.05, 0) is 32.0 Å². The van der Waals surface area contributed by atoms with Crippen molar-refractivity contribution in [2.75, 3.05) is 5.32 Å². The molecule has 0 spiro atoms. The lowest BCUT2D eigenvalue weighted by atomic mass is 10.2. The second-order valence-electron chi connectivity index (χ2n) is 4.51. The first-order valence-corrected chi connectivity index (χ1v) is 6.35. The number of nitrogens with zero attached hydrogens (tertiary/aromatic N) is 4. The predicted molar refractivity (Wildman–Crippen MR) is 75.3 cm³/mol. The van der Waals surface area contributed by atoms with E-state index in [2.05, 4.69) is 20.6 Å². The molecule has 1 N–H and O–H groups in total. The Morgan fingerprint density at radius 3 is 2.76 bits per heavy atom. The Kier molecular flexibility index (Phi) is 3.23. The molecule has 0 aliphatic carbocycles. The highest BCUT2D eigenvalue weighted by atomic mass is 16.5. The number of pyridine rings is 1. The van der Waals surface area contributed by atoms with Crippen LogP contribution in [0, 0.1) is 13.8 Å². The molecule has 3 heterocycles. The zero-order valence-corrected chi connectivity index (χ0v) is 11.6. The van der Waals surface area contributed by atoms with Crippen molar-refractivity contribution in [1.82, 2.24) is 19.9 Å². The van der Waals surface area contributed by atoms with Crippen LogP contribution in [0.15, 0.2) is 41.3 Å². The predicted octanol–water partition coefficient (Wildman–Crippen LogP) is 2.12. The van der Waals surface area contributed by atoms with Crippen LogP contribution >= 0.6 is 0 Å². The first-order chi connectivity index (χ1) is 10.1. The average Bonchev–Trinajstić information content (AvgIpc) is 3.10. The Bertz CT molecular complexity index is 740. The van der Waals surface area contributed by atoms with Crippen LogP contribution in [-0.2, 0) is 0 Å². The highest BCUT2D eigenvalue weighted by Gasteiger charge is 2.17. The monoisotopic (exact) mass is 283 g/mol. The van der Waals surface area contributed by atoms with Gasteiger partial charge in [0.25, 0.3) is 5.91 Å². The number of amides is 1. The van der Waals surface area contributed by atoms with Crippen molar-refractivity contribution in [2.24, 2.45) is 0 Å². The van der Waals surface area contributed by atoms with Gasteiger partial charge in [0.15, 0.2) is 5.82 Å². The molecule has 106 valence electrons. The number of aryl methyl sites for hydroxylation is 2. The number of hydrogen-bond donors (Lipinski definition) is 1. The molecule has 0 saturated heterocycles. The Hall–Kier alpha value is -2.96. The van der Waals surface area contributed by atoms with Gasteiger partial charge in [-0.25, -0.2) is 9.67 Å². The molecule has 0 radical (unpaired) electrons. The maximum absolute atomic E-state index is 12.2. The van der Waals surface area contributed by atoms with Gasteiger partial charge in [0.05, 0.1) is 17.6 Å². The number of anilines is 1. The van der Waals surface area contributed by atoms with Gasteiger partial charge in [-0.2, -0.15) is 5.10 Å². The maximum atomic E-state index is 12.2. The second-order valence-corrected chi connectivity index (χ2v) is 4.51. The number of rotatable bonds is 3. The molecule has 7 heteroatoms. The fourth-order valence-corrected chi connectivity index (χ4v) is 2.00. The fourth-order valence-electron chi connectivity index (χ4n) is 2.00. The number of carbonyl (C=O) groups excluding carboxylic acids is 1. The Labute approximate surface area is 120 Å². The fraction of sp³-hybridized carbons (Fsp3) is 0.143. The molecule has 0 unspecified atom stereocenters. The lowest BCUT2D eigenvalue weighted by Gasteiger charge is -2.05. The van der Waals surface area contributed by atoms with Gasteiger partial charge in [0, 0.05) is 12.4 Å². The maximum Gasteiger partial charge on any atom is 0.261 e. The van der Waals surface area contributed by atoms with Crippen molar-refractivity contribution >= 4 is 11.6 Å². The molecule has 0 bridgehead atoms. The molecule has 0 atom stereocenters. The second kappa shape index (κ2) is 5.20. The summed E-state index contributed by atoms with van der Waals surface area (Å²) in [7, 11) is 0. The van der Waals surface area contributed by atoms with E-state index in [1.807, 2.05) is 6.07 Å². The standard InChI is InChI=1S/C14H13N5O2/c1-9-13(10(2)21-18-9)14(20)17-11-4-5-12(15-8-11)19-7-3-6-16-19/h3-8H,1-2H3,(H,17,20). The van der Waals surface area contributed by atoms with E-state index in [1.54, 1.807) is 49.3 Å². The van der Waals surface area contributed by atoms with Gasteiger partial charge >= 0.3 is 0 Å². The third-order valence-corrected chi connectivity index (χ3v) is 3.01. The summed E-state index contributed by atoms with van der Waals surface area (Å²) in [6.45, 7) is 3.43. The van der Waals surface area contributed by atoms with E-state index in [0.717, 1.165) is 0 Å². The zero-order chi connectivity index (χ0) is 14.8. The first-order valence-electron chi connectivity index (χ1n) is 6.35. The van der Waals surface area contributed by atoms with Gasteiger partial charge in [-0.15, -0.1) is 0 Å². The Balaban J connectivity index is 1.78. The summed E-state index contributed by atoms with van der Waals surface area (Å²) in [5.74, 6) is 0.904. The highest BCUT2D eigenvalue weighted by Crippen LogP contribution is 2.15. The molecule has 0 fully saturated rings. The lowest BCUT2D eigenvalue weighted by molar-refractivity contribution is 0.102. The van der Waals surface area contributed by atoms with Crippen molar-refractivity contribution in [3.8, 4) is 5.82 Å². The molecule has 21 heavy (non-hydrogen) atoms. The van der Waals surface area contributed by atoms with Crippen LogP contribution < -0.4 is 5.32 Å². The SMILES string of the molecule is Cc1noc(C)c1C(=O)Nc1ccc(-n2cccn2)nc1. The summed E-state index contributed by atoms with van der Waals surface area (Å²) < 4.78 is 6.62. The molecule has 0 aromatic carbocycles. The summed E-state index contributed by atoms with van der Waals surface area (Å²) in [6, 6.07) is 5.35. The molecule has 3 rings (SSSR count). The summed E-state index contributed by atoms with van der Waals surface area (Å²) in [5, 5.41) is 10.6. The van der Waals surface area contributed by atoms with E-state index >= 15 is 0 Å². The third kappa shape index (κ3) is 2.53. The van der Waals surface area contributed by atoms with Crippen molar-refractivity contribution in [1.29, 1.82) is 0 Å². The minimum Gasteiger partial charge on any atom is -0.361 e. The van der Waals surface area contributed by atoms with Gasteiger partial charge in [0.1, 0.15) is 11.3 Å². The molecule has 0 aliphatic heterocycles. The smallest absolute Gasteiger partial charge is 0.261 e. The molecular weight excluding hydrogens is 270 g/mol. The van der Waals surface area contributed by atoms with E-state index < -0.39 is 0 Å². The van der Waals surface area contributed by atoms with Crippen LogP contribution in [0.4, 0.5) is 5.69 Å². The largest absolute Gasteiger partial charge is 0.361 e. The topological polar surface area (TPSA) is 85.8 Å². The quantitative estimate of drug-likeness (QED) is 0.795. The first kappa shape index (κ1) is 13.0. The van der Waals surface area contributed by atoms with Gasteiger partial charge in [0.2, 0.25) is 0 Å². The summed E-state index contributed by atoms with van der Waals surface area (Å²) in [4.78, 5) is 16.4. The van der Waals surface area contributed by atoms with Crippen molar-refractivity contribution in [2.45, 2.75) is 13.8 Å². The summed E-state index contributed by atoms with van der Waals surface area (Å²) >= 11 is 0. The molecule has 3 aromatic heterocycles. The minimum absolute atomic E-state index is 0.264. The molecule has 0 saturated carbocycles. The van der Waals surface area contributed by atoms with Crippen LogP contribution in [0.2, 0.25) is 0 Å². The van der Waals surface area contributed by atoms with Crippen LogP contribution in [0.25, 0.3) is 5.82 Å². The minimum atomic E-state index is -0.264. The van der Waals surface area contributed by atoms with Crippen molar-refractivity contribution < 1.29 is 9.32 Å². The Morgan fingerprint density at radius 1 is 1.33 bits per heavy atom.